The fourth-order valence-electron chi connectivity index (χ4n) is 2.94. The predicted octanol–water partition coefficient (Wildman–Crippen LogP) is 3.76. The highest BCUT2D eigenvalue weighted by atomic mass is 16.5. The van der Waals surface area contributed by atoms with Gasteiger partial charge in [-0.15, -0.1) is 0 Å². The van der Waals surface area contributed by atoms with E-state index in [1.807, 2.05) is 6.07 Å². The lowest BCUT2D eigenvalue weighted by molar-refractivity contribution is 0.354. The SMILES string of the molecule is COc1ccc(CNC2CCCC(C)CC2)cc1OC. The van der Waals surface area contributed by atoms with Crippen LogP contribution in [0.1, 0.15) is 44.6 Å². The Bertz CT molecular complexity index is 419. The molecule has 20 heavy (non-hydrogen) atoms. The normalized spacial score (nSPS) is 23.1. The fraction of sp³-hybridized carbons (Fsp3) is 0.647. The molecule has 1 fully saturated rings. The summed E-state index contributed by atoms with van der Waals surface area (Å²) in [6.45, 7) is 3.27. The second-order valence-electron chi connectivity index (χ2n) is 5.88. The highest BCUT2D eigenvalue weighted by molar-refractivity contribution is 5.42. The summed E-state index contributed by atoms with van der Waals surface area (Å²) in [7, 11) is 3.35. The van der Waals surface area contributed by atoms with E-state index >= 15 is 0 Å². The summed E-state index contributed by atoms with van der Waals surface area (Å²) in [5, 5.41) is 3.69. The predicted molar refractivity (Wildman–Crippen MR) is 82.4 cm³/mol. The number of hydrogen-bond acceptors (Lipinski definition) is 3. The second-order valence-corrected chi connectivity index (χ2v) is 5.88. The molecule has 3 heteroatoms. The van der Waals surface area contributed by atoms with E-state index < -0.39 is 0 Å². The minimum absolute atomic E-state index is 0.660. The van der Waals surface area contributed by atoms with Gasteiger partial charge in [0.15, 0.2) is 11.5 Å². The fourth-order valence-corrected chi connectivity index (χ4v) is 2.94. The van der Waals surface area contributed by atoms with E-state index in [1.54, 1.807) is 14.2 Å². The highest BCUT2D eigenvalue weighted by Crippen LogP contribution is 2.28. The minimum Gasteiger partial charge on any atom is -0.493 e. The quantitative estimate of drug-likeness (QED) is 0.831. The molecule has 1 saturated carbocycles. The Morgan fingerprint density at radius 3 is 2.60 bits per heavy atom. The molecule has 0 saturated heterocycles. The first-order valence-electron chi connectivity index (χ1n) is 7.67. The molecule has 1 aliphatic carbocycles. The Kier molecular flexibility index (Phi) is 5.72. The summed E-state index contributed by atoms with van der Waals surface area (Å²) < 4.78 is 10.6. The number of rotatable bonds is 5. The lowest BCUT2D eigenvalue weighted by Gasteiger charge is -2.17. The maximum absolute atomic E-state index is 5.35. The van der Waals surface area contributed by atoms with Crippen LogP contribution in [-0.4, -0.2) is 20.3 Å². The third-order valence-corrected chi connectivity index (χ3v) is 4.30. The molecule has 2 rings (SSSR count). The number of methoxy groups -OCH3 is 2. The van der Waals surface area contributed by atoms with Crippen LogP contribution in [0.25, 0.3) is 0 Å². The van der Waals surface area contributed by atoms with Gasteiger partial charge < -0.3 is 14.8 Å². The lowest BCUT2D eigenvalue weighted by atomic mass is 10.0. The van der Waals surface area contributed by atoms with Crippen molar-refractivity contribution < 1.29 is 9.47 Å². The van der Waals surface area contributed by atoms with Crippen molar-refractivity contribution in [2.45, 2.75) is 51.6 Å². The van der Waals surface area contributed by atoms with Gasteiger partial charge >= 0.3 is 0 Å². The van der Waals surface area contributed by atoms with E-state index in [9.17, 15) is 0 Å². The Balaban J connectivity index is 1.90. The van der Waals surface area contributed by atoms with Crippen molar-refractivity contribution in [1.29, 1.82) is 0 Å². The Morgan fingerprint density at radius 1 is 1.05 bits per heavy atom. The van der Waals surface area contributed by atoms with Gasteiger partial charge in [-0.25, -0.2) is 0 Å². The Morgan fingerprint density at radius 2 is 1.85 bits per heavy atom. The van der Waals surface area contributed by atoms with Crippen molar-refractivity contribution in [3.05, 3.63) is 23.8 Å². The zero-order chi connectivity index (χ0) is 14.4. The minimum atomic E-state index is 0.660. The summed E-state index contributed by atoms with van der Waals surface area (Å²) in [6.07, 6.45) is 6.69. The van der Waals surface area contributed by atoms with Gasteiger partial charge in [0, 0.05) is 12.6 Å². The van der Waals surface area contributed by atoms with Crippen molar-refractivity contribution >= 4 is 0 Å². The summed E-state index contributed by atoms with van der Waals surface area (Å²) in [5.41, 5.74) is 1.25. The topological polar surface area (TPSA) is 30.5 Å². The van der Waals surface area contributed by atoms with Gasteiger partial charge in [0.25, 0.3) is 0 Å². The van der Waals surface area contributed by atoms with E-state index in [0.29, 0.717) is 6.04 Å². The van der Waals surface area contributed by atoms with Crippen LogP contribution in [0.3, 0.4) is 0 Å². The van der Waals surface area contributed by atoms with Crippen LogP contribution in [-0.2, 0) is 6.54 Å². The van der Waals surface area contributed by atoms with Crippen LogP contribution in [0, 0.1) is 5.92 Å². The van der Waals surface area contributed by atoms with Crippen molar-refractivity contribution in [3.8, 4) is 11.5 Å². The number of nitrogens with one attached hydrogen (secondary N) is 1. The van der Waals surface area contributed by atoms with Gasteiger partial charge in [0.2, 0.25) is 0 Å². The molecule has 2 atom stereocenters. The van der Waals surface area contributed by atoms with Crippen molar-refractivity contribution in [2.24, 2.45) is 5.92 Å². The molecule has 0 aliphatic heterocycles. The largest absolute Gasteiger partial charge is 0.493 e. The molecule has 0 amide bonds. The van der Waals surface area contributed by atoms with Crippen LogP contribution in [0.5, 0.6) is 11.5 Å². The summed E-state index contributed by atoms with van der Waals surface area (Å²) >= 11 is 0. The average Bonchev–Trinajstić information content (AvgIpc) is 2.69. The van der Waals surface area contributed by atoms with Crippen LogP contribution in [0.4, 0.5) is 0 Å². The van der Waals surface area contributed by atoms with Crippen molar-refractivity contribution in [1.82, 2.24) is 5.32 Å². The van der Waals surface area contributed by atoms with Crippen molar-refractivity contribution in [3.63, 3.8) is 0 Å². The van der Waals surface area contributed by atoms with Gasteiger partial charge in [-0.05, 0) is 42.9 Å². The zero-order valence-electron chi connectivity index (χ0n) is 12.9. The standard InChI is InChI=1S/C17H27NO2/c1-13-5-4-6-15(9-7-13)18-12-14-8-10-16(19-2)17(11-14)20-3/h8,10-11,13,15,18H,4-7,9,12H2,1-3H3. The van der Waals surface area contributed by atoms with Gasteiger partial charge in [0.05, 0.1) is 14.2 Å². The van der Waals surface area contributed by atoms with E-state index in [4.69, 9.17) is 9.47 Å². The van der Waals surface area contributed by atoms with Gasteiger partial charge in [0.1, 0.15) is 0 Å². The van der Waals surface area contributed by atoms with Crippen LogP contribution >= 0.6 is 0 Å². The summed E-state index contributed by atoms with van der Waals surface area (Å²) in [5.74, 6) is 2.49. The molecule has 2 unspecified atom stereocenters. The van der Waals surface area contributed by atoms with Gasteiger partial charge in [-0.1, -0.05) is 25.8 Å². The molecular formula is C17H27NO2. The van der Waals surface area contributed by atoms with Crippen LogP contribution < -0.4 is 14.8 Å². The molecule has 0 bridgehead atoms. The van der Waals surface area contributed by atoms with Gasteiger partial charge in [-0.2, -0.15) is 0 Å². The molecule has 0 spiro atoms. The second kappa shape index (κ2) is 7.53. The first kappa shape index (κ1) is 15.2. The third-order valence-electron chi connectivity index (χ3n) is 4.30. The smallest absolute Gasteiger partial charge is 0.161 e. The van der Waals surface area contributed by atoms with Gasteiger partial charge in [-0.3, -0.25) is 0 Å². The molecule has 1 aromatic carbocycles. The van der Waals surface area contributed by atoms with E-state index in [0.717, 1.165) is 24.0 Å². The molecule has 1 aliphatic rings. The number of ether oxygens (including phenoxy) is 2. The van der Waals surface area contributed by atoms with E-state index in [1.165, 1.54) is 37.7 Å². The molecule has 3 nitrogen and oxygen atoms in total. The molecular weight excluding hydrogens is 250 g/mol. The third kappa shape index (κ3) is 4.14. The molecule has 1 aromatic rings. The molecule has 1 N–H and O–H groups in total. The molecule has 0 radical (unpaired) electrons. The Hall–Kier alpha value is -1.22. The number of hydrogen-bond donors (Lipinski definition) is 1. The number of benzene rings is 1. The maximum Gasteiger partial charge on any atom is 0.161 e. The highest BCUT2D eigenvalue weighted by Gasteiger charge is 2.15. The molecule has 0 aromatic heterocycles. The van der Waals surface area contributed by atoms with Crippen molar-refractivity contribution in [2.75, 3.05) is 14.2 Å². The first-order valence-corrected chi connectivity index (χ1v) is 7.67. The first-order chi connectivity index (χ1) is 9.72. The Labute approximate surface area is 122 Å². The van der Waals surface area contributed by atoms with Crippen LogP contribution in [0.15, 0.2) is 18.2 Å². The average molecular weight is 277 g/mol. The molecule has 0 heterocycles. The van der Waals surface area contributed by atoms with E-state index in [-0.39, 0.29) is 0 Å². The summed E-state index contributed by atoms with van der Waals surface area (Å²) in [6, 6.07) is 6.80. The monoisotopic (exact) mass is 277 g/mol. The molecule has 112 valence electrons. The van der Waals surface area contributed by atoms with Crippen LogP contribution in [0.2, 0.25) is 0 Å². The maximum atomic E-state index is 5.35. The lowest BCUT2D eigenvalue weighted by Crippen LogP contribution is -2.27. The summed E-state index contributed by atoms with van der Waals surface area (Å²) in [4.78, 5) is 0. The zero-order valence-corrected chi connectivity index (χ0v) is 12.9. The van der Waals surface area contributed by atoms with E-state index in [2.05, 4.69) is 24.4 Å².